The molecule has 1 amide bonds. The number of carbonyl (C=O) groups is 1. The van der Waals surface area contributed by atoms with Crippen molar-refractivity contribution in [3.8, 4) is 0 Å². The summed E-state index contributed by atoms with van der Waals surface area (Å²) in [6.45, 7) is 3.97. The zero-order valence-electron chi connectivity index (χ0n) is 10.0. The number of carbonyl (C=O) groups excluding carboxylic acids is 1. The van der Waals surface area contributed by atoms with Crippen LogP contribution in [0.5, 0.6) is 0 Å². The highest BCUT2D eigenvalue weighted by Gasteiger charge is 2.26. The lowest BCUT2D eigenvalue weighted by Crippen LogP contribution is -2.53. The zero-order chi connectivity index (χ0) is 11.4. The van der Waals surface area contributed by atoms with Gasteiger partial charge in [-0.15, -0.1) is 0 Å². The summed E-state index contributed by atoms with van der Waals surface area (Å²) in [7, 11) is 0. The Balaban J connectivity index is 1.78. The molecule has 92 valence electrons. The summed E-state index contributed by atoms with van der Waals surface area (Å²) in [6, 6.07) is 0.781. The average molecular weight is 225 g/mol. The summed E-state index contributed by atoms with van der Waals surface area (Å²) < 4.78 is 0. The number of nitrogens with zero attached hydrogens (tertiary/aromatic N) is 2. The van der Waals surface area contributed by atoms with Crippen molar-refractivity contribution >= 4 is 5.91 Å². The molecule has 1 aliphatic heterocycles. The Morgan fingerprint density at radius 3 is 2.25 bits per heavy atom. The molecule has 1 aliphatic carbocycles. The van der Waals surface area contributed by atoms with Gasteiger partial charge in [0.2, 0.25) is 5.91 Å². The normalized spacial score (nSPS) is 24.7. The van der Waals surface area contributed by atoms with Crippen LogP contribution in [0.15, 0.2) is 0 Å². The van der Waals surface area contributed by atoms with Crippen LogP contribution in [-0.2, 0) is 4.79 Å². The van der Waals surface area contributed by atoms with Gasteiger partial charge in [-0.05, 0) is 12.8 Å². The van der Waals surface area contributed by atoms with Crippen molar-refractivity contribution < 1.29 is 4.79 Å². The van der Waals surface area contributed by atoms with Crippen molar-refractivity contribution in [3.63, 3.8) is 0 Å². The summed E-state index contributed by atoms with van der Waals surface area (Å²) in [5.41, 5.74) is 5.38. The van der Waals surface area contributed by atoms with Gasteiger partial charge >= 0.3 is 0 Å². The number of hydrogen-bond acceptors (Lipinski definition) is 3. The Labute approximate surface area is 97.8 Å². The molecule has 4 nitrogen and oxygen atoms in total. The smallest absolute Gasteiger partial charge is 0.236 e. The van der Waals surface area contributed by atoms with Crippen LogP contribution in [0.2, 0.25) is 0 Å². The Hall–Kier alpha value is -0.610. The highest BCUT2D eigenvalue weighted by atomic mass is 16.2. The second-order valence-electron chi connectivity index (χ2n) is 4.91. The number of rotatable bonds is 2. The average Bonchev–Trinajstić information content (AvgIpc) is 2.39. The first-order valence-electron chi connectivity index (χ1n) is 6.53. The SMILES string of the molecule is NCC(=O)N1CCN(C2CCCCC2)CC1. The van der Waals surface area contributed by atoms with Crippen molar-refractivity contribution in [2.45, 2.75) is 38.1 Å². The second-order valence-corrected chi connectivity index (χ2v) is 4.91. The highest BCUT2D eigenvalue weighted by Crippen LogP contribution is 2.23. The van der Waals surface area contributed by atoms with Gasteiger partial charge in [0, 0.05) is 32.2 Å². The first kappa shape index (κ1) is 11.9. The summed E-state index contributed by atoms with van der Waals surface area (Å²) in [5.74, 6) is 0.100. The molecule has 0 unspecified atom stereocenters. The molecule has 2 N–H and O–H groups in total. The van der Waals surface area contributed by atoms with Crippen LogP contribution in [0.1, 0.15) is 32.1 Å². The van der Waals surface area contributed by atoms with Crippen LogP contribution in [-0.4, -0.2) is 54.5 Å². The molecular weight excluding hydrogens is 202 g/mol. The molecule has 0 aromatic rings. The van der Waals surface area contributed by atoms with Gasteiger partial charge in [0.1, 0.15) is 0 Å². The summed E-state index contributed by atoms with van der Waals surface area (Å²) in [4.78, 5) is 15.9. The monoisotopic (exact) mass is 225 g/mol. The van der Waals surface area contributed by atoms with E-state index in [2.05, 4.69) is 4.90 Å². The van der Waals surface area contributed by atoms with Gasteiger partial charge in [0.25, 0.3) is 0 Å². The van der Waals surface area contributed by atoms with Gasteiger partial charge in [0.15, 0.2) is 0 Å². The fourth-order valence-corrected chi connectivity index (χ4v) is 2.91. The summed E-state index contributed by atoms with van der Waals surface area (Å²) >= 11 is 0. The predicted molar refractivity (Wildman–Crippen MR) is 64.1 cm³/mol. The van der Waals surface area contributed by atoms with Crippen LogP contribution in [0.3, 0.4) is 0 Å². The molecule has 4 heteroatoms. The number of piperazine rings is 1. The molecule has 0 aromatic carbocycles. The standard InChI is InChI=1S/C12H23N3O/c13-10-12(16)15-8-6-14(7-9-15)11-4-2-1-3-5-11/h11H,1-10,13H2. The number of nitrogens with two attached hydrogens (primary N) is 1. The molecule has 2 fully saturated rings. The molecule has 1 saturated heterocycles. The first-order valence-corrected chi connectivity index (χ1v) is 6.53. The summed E-state index contributed by atoms with van der Waals surface area (Å²) in [5, 5.41) is 0. The minimum atomic E-state index is 0.100. The predicted octanol–water partition coefficient (Wildman–Crippen LogP) is 0.422. The third-order valence-corrected chi connectivity index (χ3v) is 3.93. The van der Waals surface area contributed by atoms with E-state index in [0.717, 1.165) is 32.2 Å². The van der Waals surface area contributed by atoms with E-state index in [0.29, 0.717) is 0 Å². The van der Waals surface area contributed by atoms with E-state index in [4.69, 9.17) is 5.73 Å². The lowest BCUT2D eigenvalue weighted by atomic mass is 9.94. The molecule has 0 bridgehead atoms. The van der Waals surface area contributed by atoms with Crippen LogP contribution >= 0.6 is 0 Å². The van der Waals surface area contributed by atoms with Gasteiger partial charge in [-0.2, -0.15) is 0 Å². The highest BCUT2D eigenvalue weighted by molar-refractivity contribution is 5.78. The molecule has 1 saturated carbocycles. The molecule has 0 atom stereocenters. The molecule has 0 spiro atoms. The Kier molecular flexibility index (Phi) is 4.18. The Bertz CT molecular complexity index is 230. The van der Waals surface area contributed by atoms with Gasteiger partial charge < -0.3 is 10.6 Å². The van der Waals surface area contributed by atoms with Crippen molar-refractivity contribution in [1.82, 2.24) is 9.80 Å². The maximum atomic E-state index is 11.4. The van der Waals surface area contributed by atoms with Crippen molar-refractivity contribution in [1.29, 1.82) is 0 Å². The zero-order valence-corrected chi connectivity index (χ0v) is 10.0. The minimum absolute atomic E-state index is 0.100. The number of amides is 1. The molecular formula is C12H23N3O. The van der Waals surface area contributed by atoms with Crippen molar-refractivity contribution in [2.24, 2.45) is 5.73 Å². The van der Waals surface area contributed by atoms with Crippen LogP contribution in [0.25, 0.3) is 0 Å². The van der Waals surface area contributed by atoms with Crippen LogP contribution < -0.4 is 5.73 Å². The van der Waals surface area contributed by atoms with Gasteiger partial charge in [-0.3, -0.25) is 9.69 Å². The Morgan fingerprint density at radius 2 is 1.69 bits per heavy atom. The number of hydrogen-bond donors (Lipinski definition) is 1. The van der Waals surface area contributed by atoms with E-state index in [-0.39, 0.29) is 12.5 Å². The third kappa shape index (κ3) is 2.74. The maximum absolute atomic E-state index is 11.4. The maximum Gasteiger partial charge on any atom is 0.236 e. The fraction of sp³-hybridized carbons (Fsp3) is 0.917. The van der Waals surface area contributed by atoms with E-state index in [1.54, 1.807) is 0 Å². The molecule has 16 heavy (non-hydrogen) atoms. The minimum Gasteiger partial charge on any atom is -0.339 e. The van der Waals surface area contributed by atoms with E-state index < -0.39 is 0 Å². The quantitative estimate of drug-likeness (QED) is 0.741. The Morgan fingerprint density at radius 1 is 1.06 bits per heavy atom. The van der Waals surface area contributed by atoms with Gasteiger partial charge in [0.05, 0.1) is 6.54 Å². The van der Waals surface area contributed by atoms with E-state index >= 15 is 0 Å². The molecule has 0 radical (unpaired) electrons. The molecule has 1 heterocycles. The first-order chi connectivity index (χ1) is 7.81. The van der Waals surface area contributed by atoms with Crippen molar-refractivity contribution in [2.75, 3.05) is 32.7 Å². The van der Waals surface area contributed by atoms with E-state index in [9.17, 15) is 4.79 Å². The van der Waals surface area contributed by atoms with Crippen LogP contribution in [0.4, 0.5) is 0 Å². The second kappa shape index (κ2) is 5.64. The largest absolute Gasteiger partial charge is 0.339 e. The fourth-order valence-electron chi connectivity index (χ4n) is 2.91. The summed E-state index contributed by atoms with van der Waals surface area (Å²) in [6.07, 6.45) is 6.87. The van der Waals surface area contributed by atoms with Crippen molar-refractivity contribution in [3.05, 3.63) is 0 Å². The van der Waals surface area contributed by atoms with Gasteiger partial charge in [-0.1, -0.05) is 19.3 Å². The van der Waals surface area contributed by atoms with Crippen LogP contribution in [0, 0.1) is 0 Å². The van der Waals surface area contributed by atoms with E-state index in [1.165, 1.54) is 32.1 Å². The molecule has 0 aromatic heterocycles. The van der Waals surface area contributed by atoms with E-state index in [1.807, 2.05) is 4.90 Å². The molecule has 2 aliphatic rings. The topological polar surface area (TPSA) is 49.6 Å². The lowest BCUT2D eigenvalue weighted by Gasteiger charge is -2.40. The lowest BCUT2D eigenvalue weighted by molar-refractivity contribution is -0.131. The van der Waals surface area contributed by atoms with Gasteiger partial charge in [-0.25, -0.2) is 0 Å². The third-order valence-electron chi connectivity index (χ3n) is 3.93. The molecule has 2 rings (SSSR count).